The number of fused-ring (bicyclic) bond motifs is 3. The summed E-state index contributed by atoms with van der Waals surface area (Å²) in [5.74, 6) is -0.846. The summed E-state index contributed by atoms with van der Waals surface area (Å²) >= 11 is 0. The van der Waals surface area contributed by atoms with Gasteiger partial charge in [0, 0.05) is 18.5 Å². The SMILES string of the molecule is CC1(C(=O)N(CC(=O)O)CC2CC2)CCCC1NC(=O)OCC1c2ccccc2-c2ccccc21. The quantitative estimate of drug-likeness (QED) is 0.589. The number of carbonyl (C=O) groups is 3. The Bertz CT molecular complexity index is 1100. The number of carbonyl (C=O) groups excluding carboxylic acids is 2. The molecule has 2 N–H and O–H groups in total. The highest BCUT2D eigenvalue weighted by atomic mass is 16.5. The maximum atomic E-state index is 13.5. The van der Waals surface area contributed by atoms with Crippen molar-refractivity contribution < 1.29 is 24.2 Å². The summed E-state index contributed by atoms with van der Waals surface area (Å²) in [5, 5.41) is 12.3. The second-order valence-corrected chi connectivity index (χ2v) is 10.4. The van der Waals surface area contributed by atoms with Gasteiger partial charge in [-0.1, -0.05) is 55.0 Å². The van der Waals surface area contributed by atoms with Crippen molar-refractivity contribution in [1.82, 2.24) is 10.2 Å². The summed E-state index contributed by atoms with van der Waals surface area (Å²) in [6, 6.07) is 16.0. The number of ether oxygens (including phenoxy) is 1. The zero-order valence-electron chi connectivity index (χ0n) is 20.0. The van der Waals surface area contributed by atoms with E-state index in [1.807, 2.05) is 31.2 Å². The topological polar surface area (TPSA) is 95.9 Å². The van der Waals surface area contributed by atoms with Crippen molar-refractivity contribution in [3.8, 4) is 11.1 Å². The second kappa shape index (κ2) is 9.36. The molecule has 7 heteroatoms. The van der Waals surface area contributed by atoms with Gasteiger partial charge in [0.25, 0.3) is 0 Å². The lowest BCUT2D eigenvalue weighted by Gasteiger charge is -2.35. The Morgan fingerprint density at radius 2 is 1.66 bits per heavy atom. The summed E-state index contributed by atoms with van der Waals surface area (Å²) < 4.78 is 5.71. The standard InChI is InChI=1S/C28H32N2O5/c1-28(26(33)30(16-25(31)32)15-18-12-13-18)14-6-11-24(28)29-27(34)35-17-23-21-9-4-2-7-19(21)20-8-3-5-10-22(20)23/h2-5,7-10,18,23-24H,6,11-17H2,1H3,(H,29,34)(H,31,32). The van der Waals surface area contributed by atoms with Crippen LogP contribution in [0.3, 0.4) is 0 Å². The van der Waals surface area contributed by atoms with E-state index in [0.29, 0.717) is 25.3 Å². The van der Waals surface area contributed by atoms with E-state index < -0.39 is 17.5 Å². The molecule has 3 aliphatic rings. The molecule has 0 radical (unpaired) electrons. The first-order chi connectivity index (χ1) is 16.9. The highest BCUT2D eigenvalue weighted by molar-refractivity contribution is 5.87. The molecule has 0 heterocycles. The zero-order valence-corrected chi connectivity index (χ0v) is 20.0. The van der Waals surface area contributed by atoms with E-state index in [9.17, 15) is 19.5 Å². The fraction of sp³-hybridized carbons (Fsp3) is 0.464. The molecular formula is C28H32N2O5. The first-order valence-electron chi connectivity index (χ1n) is 12.5. The van der Waals surface area contributed by atoms with E-state index in [0.717, 1.165) is 30.4 Å². The third-order valence-corrected chi connectivity index (χ3v) is 7.87. The Kier molecular flexibility index (Phi) is 6.26. The van der Waals surface area contributed by atoms with Crippen molar-refractivity contribution in [3.63, 3.8) is 0 Å². The molecule has 2 fully saturated rings. The molecule has 7 nitrogen and oxygen atoms in total. The molecule has 2 saturated carbocycles. The Morgan fingerprint density at radius 1 is 1.03 bits per heavy atom. The van der Waals surface area contributed by atoms with Gasteiger partial charge in [0.2, 0.25) is 5.91 Å². The summed E-state index contributed by atoms with van der Waals surface area (Å²) in [6.45, 7) is 2.23. The third kappa shape index (κ3) is 4.64. The van der Waals surface area contributed by atoms with Crippen LogP contribution in [-0.2, 0) is 14.3 Å². The largest absolute Gasteiger partial charge is 0.480 e. The number of rotatable bonds is 8. The van der Waals surface area contributed by atoms with Crippen LogP contribution in [0.4, 0.5) is 4.79 Å². The lowest BCUT2D eigenvalue weighted by Crippen LogP contribution is -2.53. The molecule has 0 aliphatic heterocycles. The number of hydrogen-bond donors (Lipinski definition) is 2. The van der Waals surface area contributed by atoms with E-state index >= 15 is 0 Å². The second-order valence-electron chi connectivity index (χ2n) is 10.4. The number of nitrogens with one attached hydrogen (secondary N) is 1. The van der Waals surface area contributed by atoms with Crippen LogP contribution < -0.4 is 5.32 Å². The molecule has 0 bridgehead atoms. The molecular weight excluding hydrogens is 444 g/mol. The predicted octanol–water partition coefficient (Wildman–Crippen LogP) is 4.41. The summed E-state index contributed by atoms with van der Waals surface area (Å²) in [7, 11) is 0. The van der Waals surface area contributed by atoms with Crippen LogP contribution in [0.1, 0.15) is 56.1 Å². The van der Waals surface area contributed by atoms with Crippen molar-refractivity contribution in [3.05, 3.63) is 59.7 Å². The van der Waals surface area contributed by atoms with Crippen LogP contribution in [0.25, 0.3) is 11.1 Å². The molecule has 0 spiro atoms. The van der Waals surface area contributed by atoms with Gasteiger partial charge < -0.3 is 20.1 Å². The van der Waals surface area contributed by atoms with Gasteiger partial charge in [-0.3, -0.25) is 9.59 Å². The minimum Gasteiger partial charge on any atom is -0.480 e. The molecule has 2 aromatic carbocycles. The monoisotopic (exact) mass is 476 g/mol. The minimum atomic E-state index is -1.01. The molecule has 3 aliphatic carbocycles. The molecule has 2 aromatic rings. The number of nitrogens with zero attached hydrogens (tertiary/aromatic N) is 1. The molecule has 2 amide bonds. The maximum absolute atomic E-state index is 13.5. The van der Waals surface area contributed by atoms with E-state index in [2.05, 4.69) is 29.6 Å². The van der Waals surface area contributed by atoms with Crippen LogP contribution in [0.15, 0.2) is 48.5 Å². The van der Waals surface area contributed by atoms with Gasteiger partial charge >= 0.3 is 12.1 Å². The third-order valence-electron chi connectivity index (χ3n) is 7.87. The number of carboxylic acid groups (broad SMARTS) is 1. The number of benzene rings is 2. The number of alkyl carbamates (subject to hydrolysis) is 1. The van der Waals surface area contributed by atoms with Gasteiger partial charge in [0.15, 0.2) is 0 Å². The van der Waals surface area contributed by atoms with Crippen LogP contribution in [0, 0.1) is 11.3 Å². The lowest BCUT2D eigenvalue weighted by molar-refractivity contribution is -0.150. The van der Waals surface area contributed by atoms with Crippen molar-refractivity contribution in [2.75, 3.05) is 19.7 Å². The van der Waals surface area contributed by atoms with Gasteiger partial charge in [-0.05, 0) is 60.8 Å². The zero-order chi connectivity index (χ0) is 24.6. The predicted molar refractivity (Wildman–Crippen MR) is 131 cm³/mol. The summed E-state index contributed by atoms with van der Waals surface area (Å²) in [6.07, 6.45) is 3.59. The Labute approximate surface area is 205 Å². The Morgan fingerprint density at radius 3 is 2.26 bits per heavy atom. The smallest absolute Gasteiger partial charge is 0.407 e. The highest BCUT2D eigenvalue weighted by Crippen LogP contribution is 2.45. The average molecular weight is 477 g/mol. The van der Waals surface area contributed by atoms with Gasteiger partial charge in [0.1, 0.15) is 13.2 Å². The van der Waals surface area contributed by atoms with Gasteiger partial charge in [0.05, 0.1) is 5.41 Å². The van der Waals surface area contributed by atoms with Crippen molar-refractivity contribution in [2.45, 2.75) is 51.0 Å². The average Bonchev–Trinajstić information content (AvgIpc) is 3.51. The van der Waals surface area contributed by atoms with E-state index in [-0.39, 0.29) is 31.0 Å². The molecule has 35 heavy (non-hydrogen) atoms. The Balaban J connectivity index is 1.25. The van der Waals surface area contributed by atoms with Crippen molar-refractivity contribution >= 4 is 18.0 Å². The van der Waals surface area contributed by atoms with Crippen LogP contribution in [0.2, 0.25) is 0 Å². The molecule has 5 rings (SSSR count). The molecule has 2 atom stereocenters. The highest BCUT2D eigenvalue weighted by Gasteiger charge is 2.48. The summed E-state index contributed by atoms with van der Waals surface area (Å²) in [5.41, 5.74) is 3.79. The first kappa shape index (κ1) is 23.4. The fourth-order valence-electron chi connectivity index (χ4n) is 5.79. The number of amides is 2. The van der Waals surface area contributed by atoms with Gasteiger partial charge in [-0.15, -0.1) is 0 Å². The molecule has 0 saturated heterocycles. The summed E-state index contributed by atoms with van der Waals surface area (Å²) in [4.78, 5) is 39.2. The normalized spacial score (nSPS) is 22.8. The van der Waals surface area contributed by atoms with E-state index in [1.165, 1.54) is 16.0 Å². The Hall–Kier alpha value is -3.35. The van der Waals surface area contributed by atoms with Crippen LogP contribution >= 0.6 is 0 Å². The first-order valence-corrected chi connectivity index (χ1v) is 12.5. The number of aliphatic carboxylic acids is 1. The maximum Gasteiger partial charge on any atom is 0.407 e. The van der Waals surface area contributed by atoms with Crippen molar-refractivity contribution in [2.24, 2.45) is 11.3 Å². The fourth-order valence-corrected chi connectivity index (χ4v) is 5.79. The van der Waals surface area contributed by atoms with E-state index in [4.69, 9.17) is 4.74 Å². The van der Waals surface area contributed by atoms with Crippen LogP contribution in [-0.4, -0.2) is 53.7 Å². The van der Waals surface area contributed by atoms with Gasteiger partial charge in [-0.25, -0.2) is 4.79 Å². The van der Waals surface area contributed by atoms with Gasteiger partial charge in [-0.2, -0.15) is 0 Å². The lowest BCUT2D eigenvalue weighted by atomic mass is 9.83. The number of hydrogen-bond acceptors (Lipinski definition) is 4. The van der Waals surface area contributed by atoms with E-state index in [1.54, 1.807) is 0 Å². The van der Waals surface area contributed by atoms with Crippen molar-refractivity contribution in [1.29, 1.82) is 0 Å². The molecule has 2 unspecified atom stereocenters. The van der Waals surface area contributed by atoms with Crippen LogP contribution in [0.5, 0.6) is 0 Å². The minimum absolute atomic E-state index is 0.0330. The number of carboxylic acids is 1. The molecule has 0 aromatic heterocycles. The molecule has 184 valence electrons.